The average Bonchev–Trinajstić information content (AvgIpc) is 3.31. The molecule has 1 saturated heterocycles. The van der Waals surface area contributed by atoms with E-state index in [1.807, 2.05) is 62.3 Å². The number of aryl methyl sites for hydroxylation is 1. The number of rotatable bonds is 4. The van der Waals surface area contributed by atoms with Crippen molar-refractivity contribution in [3.63, 3.8) is 0 Å². The third-order valence-corrected chi connectivity index (χ3v) is 6.24. The minimum atomic E-state index is -0.721. The van der Waals surface area contributed by atoms with E-state index in [1.54, 1.807) is 18.6 Å². The van der Waals surface area contributed by atoms with Crippen LogP contribution in [0.4, 0.5) is 5.69 Å². The standard InChI is InChI=1S/C23H25N3O3S/c1-14-7-8-16-17(12-25-19(16)10-14)21(27)18-13-30-26(15-6-5-9-24-11-15)20(18)22(28)29-23(2,3)4/h5-12,18,20,25H,13H2,1-4H3. The van der Waals surface area contributed by atoms with Gasteiger partial charge in [-0.3, -0.25) is 14.1 Å². The van der Waals surface area contributed by atoms with E-state index >= 15 is 0 Å². The Bertz CT molecular complexity index is 1090. The zero-order valence-electron chi connectivity index (χ0n) is 17.5. The van der Waals surface area contributed by atoms with E-state index in [-0.39, 0.29) is 5.78 Å². The predicted molar refractivity (Wildman–Crippen MR) is 120 cm³/mol. The number of nitrogens with one attached hydrogen (secondary N) is 1. The van der Waals surface area contributed by atoms with Crippen molar-refractivity contribution in [1.82, 2.24) is 9.97 Å². The van der Waals surface area contributed by atoms with Gasteiger partial charge >= 0.3 is 5.97 Å². The number of ketones is 1. The summed E-state index contributed by atoms with van der Waals surface area (Å²) < 4.78 is 7.56. The molecule has 4 rings (SSSR count). The number of anilines is 1. The second-order valence-corrected chi connectivity index (χ2v) is 9.52. The fourth-order valence-corrected chi connectivity index (χ4v) is 5.01. The average molecular weight is 424 g/mol. The van der Waals surface area contributed by atoms with Gasteiger partial charge in [0.25, 0.3) is 0 Å². The molecule has 0 amide bonds. The summed E-state index contributed by atoms with van der Waals surface area (Å²) in [4.78, 5) is 34.1. The largest absolute Gasteiger partial charge is 0.458 e. The summed E-state index contributed by atoms with van der Waals surface area (Å²) in [5.41, 5.74) is 2.79. The molecule has 2 aromatic heterocycles. The first kappa shape index (κ1) is 20.5. The lowest BCUT2D eigenvalue weighted by atomic mass is 9.91. The molecule has 3 aromatic rings. The molecule has 1 N–H and O–H groups in total. The Morgan fingerprint density at radius 2 is 2.07 bits per heavy atom. The van der Waals surface area contributed by atoms with E-state index in [2.05, 4.69) is 9.97 Å². The molecular weight excluding hydrogens is 398 g/mol. The van der Waals surface area contributed by atoms with Crippen molar-refractivity contribution in [2.24, 2.45) is 5.92 Å². The van der Waals surface area contributed by atoms with Gasteiger partial charge < -0.3 is 9.72 Å². The molecule has 1 aromatic carbocycles. The fourth-order valence-electron chi connectivity index (χ4n) is 3.70. The van der Waals surface area contributed by atoms with Crippen molar-refractivity contribution < 1.29 is 14.3 Å². The van der Waals surface area contributed by atoms with Crippen molar-refractivity contribution in [2.45, 2.75) is 39.3 Å². The van der Waals surface area contributed by atoms with Crippen LogP contribution in [-0.2, 0) is 9.53 Å². The molecule has 30 heavy (non-hydrogen) atoms. The van der Waals surface area contributed by atoms with E-state index in [9.17, 15) is 9.59 Å². The molecule has 2 atom stereocenters. The van der Waals surface area contributed by atoms with Crippen LogP contribution < -0.4 is 4.31 Å². The van der Waals surface area contributed by atoms with E-state index in [1.165, 1.54) is 11.9 Å². The van der Waals surface area contributed by atoms with Crippen LogP contribution in [0.1, 0.15) is 36.7 Å². The number of carbonyl (C=O) groups is 2. The lowest BCUT2D eigenvalue weighted by Gasteiger charge is -2.29. The van der Waals surface area contributed by atoms with Crippen molar-refractivity contribution in [3.05, 3.63) is 60.0 Å². The molecule has 0 bridgehead atoms. The molecule has 2 unspecified atom stereocenters. The number of hydrogen-bond acceptors (Lipinski definition) is 6. The van der Waals surface area contributed by atoms with Crippen LogP contribution >= 0.6 is 11.9 Å². The van der Waals surface area contributed by atoms with Gasteiger partial charge in [0.05, 0.1) is 17.8 Å². The van der Waals surface area contributed by atoms with Gasteiger partial charge in [-0.05, 0) is 63.4 Å². The number of aromatic amines is 1. The number of ether oxygens (including phenoxy) is 1. The van der Waals surface area contributed by atoms with Crippen LogP contribution in [0, 0.1) is 12.8 Å². The van der Waals surface area contributed by atoms with E-state index < -0.39 is 23.5 Å². The summed E-state index contributed by atoms with van der Waals surface area (Å²) in [5, 5.41) is 0.873. The lowest BCUT2D eigenvalue weighted by molar-refractivity contribution is -0.156. The number of benzene rings is 1. The van der Waals surface area contributed by atoms with Crippen molar-refractivity contribution in [3.8, 4) is 0 Å². The van der Waals surface area contributed by atoms with Crippen molar-refractivity contribution >= 4 is 40.3 Å². The van der Waals surface area contributed by atoms with Gasteiger partial charge in [-0.1, -0.05) is 12.1 Å². The molecule has 0 saturated carbocycles. The highest BCUT2D eigenvalue weighted by Gasteiger charge is 2.47. The molecular formula is C23H25N3O3S. The van der Waals surface area contributed by atoms with Gasteiger partial charge in [-0.25, -0.2) is 4.79 Å². The van der Waals surface area contributed by atoms with Crippen LogP contribution in [0.2, 0.25) is 0 Å². The number of nitrogens with zero attached hydrogens (tertiary/aromatic N) is 2. The van der Waals surface area contributed by atoms with Crippen LogP contribution in [0.5, 0.6) is 0 Å². The van der Waals surface area contributed by atoms with Crippen LogP contribution in [0.15, 0.2) is 48.9 Å². The minimum absolute atomic E-state index is 0.0557. The number of fused-ring (bicyclic) bond motifs is 1. The number of H-pyrrole nitrogens is 1. The molecule has 1 aliphatic rings. The van der Waals surface area contributed by atoms with Crippen LogP contribution in [-0.4, -0.2) is 39.1 Å². The van der Waals surface area contributed by atoms with Gasteiger partial charge in [0.1, 0.15) is 11.6 Å². The first-order valence-corrected chi connectivity index (χ1v) is 10.9. The number of carbonyl (C=O) groups excluding carboxylic acids is 2. The molecule has 1 aliphatic heterocycles. The molecule has 156 valence electrons. The summed E-state index contributed by atoms with van der Waals surface area (Å²) in [6.45, 7) is 7.51. The van der Waals surface area contributed by atoms with Crippen LogP contribution in [0.3, 0.4) is 0 Å². The summed E-state index contributed by atoms with van der Waals surface area (Å²) in [7, 11) is 0. The smallest absolute Gasteiger partial charge is 0.331 e. The molecule has 3 heterocycles. The van der Waals surface area contributed by atoms with Gasteiger partial charge in [-0.2, -0.15) is 0 Å². The topological polar surface area (TPSA) is 75.3 Å². The Kier molecular flexibility index (Phi) is 5.32. The Labute approximate surface area is 180 Å². The normalized spacial score (nSPS) is 19.3. The van der Waals surface area contributed by atoms with Gasteiger partial charge in [0.15, 0.2) is 5.78 Å². The second kappa shape index (κ2) is 7.80. The Hall–Kier alpha value is -2.80. The first-order valence-electron chi connectivity index (χ1n) is 9.91. The summed E-state index contributed by atoms with van der Waals surface area (Å²) in [5.74, 6) is -0.480. The van der Waals surface area contributed by atoms with Gasteiger partial charge in [0.2, 0.25) is 0 Å². The summed E-state index contributed by atoms with van der Waals surface area (Å²) in [6, 6.07) is 8.95. The Morgan fingerprint density at radius 1 is 1.27 bits per heavy atom. The number of esters is 1. The maximum absolute atomic E-state index is 13.6. The molecule has 6 nitrogen and oxygen atoms in total. The highest BCUT2D eigenvalue weighted by Crippen LogP contribution is 2.40. The maximum atomic E-state index is 13.6. The van der Waals surface area contributed by atoms with E-state index in [0.29, 0.717) is 11.3 Å². The Balaban J connectivity index is 1.71. The number of Topliss-reactive ketones (excluding diaryl/α,β-unsaturated/α-hetero) is 1. The van der Waals surface area contributed by atoms with Crippen LogP contribution in [0.25, 0.3) is 10.9 Å². The monoisotopic (exact) mass is 423 g/mol. The summed E-state index contributed by atoms with van der Waals surface area (Å²) >= 11 is 1.46. The SMILES string of the molecule is Cc1ccc2c(C(=O)C3CSN(c4cccnc4)C3C(=O)OC(C)(C)C)c[nH]c2c1. The third kappa shape index (κ3) is 3.94. The predicted octanol–water partition coefficient (Wildman–Crippen LogP) is 4.55. The van der Waals surface area contributed by atoms with Gasteiger partial charge in [0, 0.05) is 34.6 Å². The fraction of sp³-hybridized carbons (Fsp3) is 0.348. The number of hydrogen-bond donors (Lipinski definition) is 1. The zero-order chi connectivity index (χ0) is 21.5. The van der Waals surface area contributed by atoms with E-state index in [0.717, 1.165) is 22.2 Å². The van der Waals surface area contributed by atoms with Gasteiger partial charge in [-0.15, -0.1) is 0 Å². The summed E-state index contributed by atoms with van der Waals surface area (Å²) in [6.07, 6.45) is 5.13. The van der Waals surface area contributed by atoms with E-state index in [4.69, 9.17) is 4.74 Å². The minimum Gasteiger partial charge on any atom is -0.458 e. The second-order valence-electron chi connectivity index (χ2n) is 8.53. The van der Waals surface area contributed by atoms with Crippen molar-refractivity contribution in [1.29, 1.82) is 0 Å². The zero-order valence-corrected chi connectivity index (χ0v) is 18.3. The molecule has 0 radical (unpaired) electrons. The number of aromatic nitrogens is 2. The first-order chi connectivity index (χ1) is 14.2. The quantitative estimate of drug-likeness (QED) is 0.377. The maximum Gasteiger partial charge on any atom is 0.331 e. The Morgan fingerprint density at radius 3 is 2.77 bits per heavy atom. The highest BCUT2D eigenvalue weighted by molar-refractivity contribution is 8.01. The molecule has 7 heteroatoms. The highest BCUT2D eigenvalue weighted by atomic mass is 32.2. The molecule has 0 spiro atoms. The lowest BCUT2D eigenvalue weighted by Crippen LogP contribution is -2.44. The van der Waals surface area contributed by atoms with Crippen molar-refractivity contribution in [2.75, 3.05) is 10.1 Å². The third-order valence-electron chi connectivity index (χ3n) is 5.02. The molecule has 0 aliphatic carbocycles. The molecule has 1 fully saturated rings. The number of pyridine rings is 1.